The molecule has 5 nitrogen and oxygen atoms in total. The predicted molar refractivity (Wildman–Crippen MR) is 54.6 cm³/mol. The van der Waals surface area contributed by atoms with E-state index in [1.165, 1.54) is 11.3 Å². The summed E-state index contributed by atoms with van der Waals surface area (Å²) in [5.74, 6) is -0.854. The van der Waals surface area contributed by atoms with Crippen LogP contribution in [0.25, 0.3) is 0 Å². The van der Waals surface area contributed by atoms with E-state index in [9.17, 15) is 15.0 Å². The number of nitrogens with zero attached hydrogens (tertiary/aromatic N) is 1. The molecule has 1 aromatic rings. The van der Waals surface area contributed by atoms with Gasteiger partial charge in [0, 0.05) is 0 Å². The van der Waals surface area contributed by atoms with Crippen molar-refractivity contribution in [3.05, 3.63) is 15.6 Å². The molecule has 1 rings (SSSR count). The van der Waals surface area contributed by atoms with Gasteiger partial charge in [0.15, 0.2) is 6.10 Å². The van der Waals surface area contributed by atoms with E-state index in [4.69, 9.17) is 0 Å². The van der Waals surface area contributed by atoms with E-state index >= 15 is 0 Å². The van der Waals surface area contributed by atoms with Gasteiger partial charge in [0.1, 0.15) is 6.10 Å². The van der Waals surface area contributed by atoms with Crippen LogP contribution in [0.15, 0.2) is 0 Å². The van der Waals surface area contributed by atoms with Gasteiger partial charge in [0.05, 0.1) is 22.7 Å². The lowest BCUT2D eigenvalue weighted by Gasteiger charge is -2.14. The monoisotopic (exact) mass is 231 g/mol. The van der Waals surface area contributed by atoms with Gasteiger partial charge in [-0.2, -0.15) is 0 Å². The number of thiazole rings is 1. The molecule has 2 atom stereocenters. The van der Waals surface area contributed by atoms with E-state index < -0.39 is 18.2 Å². The van der Waals surface area contributed by atoms with E-state index in [2.05, 4.69) is 9.72 Å². The first kappa shape index (κ1) is 12.1. The molecule has 15 heavy (non-hydrogen) atoms. The van der Waals surface area contributed by atoms with Crippen LogP contribution in [0.4, 0.5) is 0 Å². The molecule has 0 aromatic carbocycles. The zero-order valence-electron chi connectivity index (χ0n) is 8.72. The summed E-state index contributed by atoms with van der Waals surface area (Å²) in [4.78, 5) is 15.6. The SMILES string of the molecule is COC(=O)C(O)C(O)c1sc(C)nc1C. The summed E-state index contributed by atoms with van der Waals surface area (Å²) in [5.41, 5.74) is 0.618. The molecule has 0 aliphatic heterocycles. The van der Waals surface area contributed by atoms with Crippen LogP contribution in [0, 0.1) is 13.8 Å². The molecule has 2 unspecified atom stereocenters. The second kappa shape index (κ2) is 4.69. The number of methoxy groups -OCH3 is 1. The van der Waals surface area contributed by atoms with Gasteiger partial charge in [0.2, 0.25) is 0 Å². The zero-order valence-corrected chi connectivity index (χ0v) is 9.54. The molecule has 6 heteroatoms. The maximum Gasteiger partial charge on any atom is 0.337 e. The molecule has 1 heterocycles. The fraction of sp³-hybridized carbons (Fsp3) is 0.556. The van der Waals surface area contributed by atoms with Gasteiger partial charge >= 0.3 is 5.97 Å². The Hall–Kier alpha value is -0.980. The zero-order chi connectivity index (χ0) is 11.6. The van der Waals surface area contributed by atoms with Gasteiger partial charge in [-0.25, -0.2) is 9.78 Å². The van der Waals surface area contributed by atoms with Crippen molar-refractivity contribution in [1.82, 2.24) is 4.98 Å². The summed E-state index contributed by atoms with van der Waals surface area (Å²) in [7, 11) is 1.16. The van der Waals surface area contributed by atoms with Crippen molar-refractivity contribution in [2.45, 2.75) is 26.1 Å². The van der Waals surface area contributed by atoms with Crippen LogP contribution < -0.4 is 0 Å². The molecule has 0 amide bonds. The first-order chi connectivity index (χ1) is 6.97. The molecule has 1 aromatic heterocycles. The molecule has 0 fully saturated rings. The maximum absolute atomic E-state index is 11.0. The van der Waals surface area contributed by atoms with Crippen LogP contribution in [0.5, 0.6) is 0 Å². The number of hydrogen-bond acceptors (Lipinski definition) is 6. The Labute approximate surface area is 91.3 Å². The smallest absolute Gasteiger partial charge is 0.337 e. The lowest BCUT2D eigenvalue weighted by atomic mass is 10.1. The van der Waals surface area contributed by atoms with Gasteiger partial charge in [-0.05, 0) is 13.8 Å². The molecule has 2 N–H and O–H groups in total. The van der Waals surface area contributed by atoms with Gasteiger partial charge in [-0.15, -0.1) is 11.3 Å². The number of aryl methyl sites for hydroxylation is 2. The number of hydrogen-bond donors (Lipinski definition) is 2. The minimum absolute atomic E-state index is 0.491. The Morgan fingerprint density at radius 2 is 2.07 bits per heavy atom. The number of aliphatic hydroxyl groups excluding tert-OH is 2. The molecule has 84 valence electrons. The molecule has 0 aliphatic rings. The molecule has 0 saturated heterocycles. The van der Waals surface area contributed by atoms with Gasteiger partial charge in [-0.3, -0.25) is 0 Å². The van der Waals surface area contributed by atoms with Crippen molar-refractivity contribution >= 4 is 17.3 Å². The highest BCUT2D eigenvalue weighted by Gasteiger charge is 2.29. The highest BCUT2D eigenvalue weighted by atomic mass is 32.1. The number of carbonyl (C=O) groups excluding carboxylic acids is 1. The predicted octanol–water partition coefficient (Wildman–Crippen LogP) is 0.327. The Morgan fingerprint density at radius 1 is 1.47 bits per heavy atom. The molecule has 0 spiro atoms. The Bertz CT molecular complexity index is 363. The van der Waals surface area contributed by atoms with Crippen LogP contribution in [-0.2, 0) is 9.53 Å². The van der Waals surface area contributed by atoms with Crippen molar-refractivity contribution < 1.29 is 19.7 Å². The Morgan fingerprint density at radius 3 is 2.47 bits per heavy atom. The lowest BCUT2D eigenvalue weighted by molar-refractivity contribution is -0.156. The largest absolute Gasteiger partial charge is 0.467 e. The van der Waals surface area contributed by atoms with Crippen LogP contribution in [0.2, 0.25) is 0 Å². The van der Waals surface area contributed by atoms with Crippen molar-refractivity contribution in [1.29, 1.82) is 0 Å². The number of esters is 1. The summed E-state index contributed by atoms with van der Waals surface area (Å²) in [5, 5.41) is 19.9. The fourth-order valence-electron chi connectivity index (χ4n) is 1.21. The van der Waals surface area contributed by atoms with Crippen LogP contribution in [0.1, 0.15) is 21.7 Å². The molecule has 0 radical (unpaired) electrons. The maximum atomic E-state index is 11.0. The van der Waals surface area contributed by atoms with E-state index in [1.807, 2.05) is 0 Å². The van der Waals surface area contributed by atoms with E-state index in [0.717, 1.165) is 12.1 Å². The number of carbonyl (C=O) groups is 1. The van der Waals surface area contributed by atoms with E-state index in [1.54, 1.807) is 13.8 Å². The normalized spacial score (nSPS) is 14.7. The summed E-state index contributed by atoms with van der Waals surface area (Å²) >= 11 is 1.25. The average molecular weight is 231 g/mol. The van der Waals surface area contributed by atoms with E-state index in [-0.39, 0.29) is 0 Å². The first-order valence-electron chi connectivity index (χ1n) is 4.35. The van der Waals surface area contributed by atoms with Crippen LogP contribution in [-0.4, -0.2) is 34.4 Å². The second-order valence-electron chi connectivity index (χ2n) is 3.10. The Kier molecular flexibility index (Phi) is 3.78. The minimum Gasteiger partial charge on any atom is -0.467 e. The Balaban J connectivity index is 2.89. The molecule has 0 aliphatic carbocycles. The molecular formula is C9H13NO4S. The third kappa shape index (κ3) is 2.53. The summed E-state index contributed by atoms with van der Waals surface area (Å²) in [6, 6.07) is 0. The third-order valence-corrected chi connectivity index (χ3v) is 3.09. The standard InChI is InChI=1S/C9H13NO4S/c1-4-8(15-5(2)10-4)6(11)7(12)9(13)14-3/h6-7,11-12H,1-3H3. The molecule has 0 saturated carbocycles. The quantitative estimate of drug-likeness (QED) is 0.733. The minimum atomic E-state index is -1.56. The lowest BCUT2D eigenvalue weighted by Crippen LogP contribution is -2.28. The van der Waals surface area contributed by atoms with Crippen molar-refractivity contribution in [3.63, 3.8) is 0 Å². The summed E-state index contributed by atoms with van der Waals surface area (Å²) in [6.07, 6.45) is -2.84. The first-order valence-corrected chi connectivity index (χ1v) is 5.17. The van der Waals surface area contributed by atoms with Crippen LogP contribution >= 0.6 is 11.3 Å². The van der Waals surface area contributed by atoms with Crippen molar-refractivity contribution in [2.75, 3.05) is 7.11 Å². The number of ether oxygens (including phenoxy) is 1. The van der Waals surface area contributed by atoms with Crippen LogP contribution in [0.3, 0.4) is 0 Å². The fourth-order valence-corrected chi connectivity index (χ4v) is 2.16. The second-order valence-corrected chi connectivity index (χ2v) is 4.33. The number of aliphatic hydroxyl groups is 2. The average Bonchev–Trinajstić information content (AvgIpc) is 2.54. The number of rotatable bonds is 3. The molecular weight excluding hydrogens is 218 g/mol. The molecule has 0 bridgehead atoms. The topological polar surface area (TPSA) is 79.7 Å². The third-order valence-electron chi connectivity index (χ3n) is 1.95. The highest BCUT2D eigenvalue weighted by molar-refractivity contribution is 7.11. The van der Waals surface area contributed by atoms with Gasteiger partial charge < -0.3 is 14.9 Å². The van der Waals surface area contributed by atoms with Crippen molar-refractivity contribution in [3.8, 4) is 0 Å². The number of aromatic nitrogens is 1. The highest BCUT2D eigenvalue weighted by Crippen LogP contribution is 2.27. The van der Waals surface area contributed by atoms with Gasteiger partial charge in [-0.1, -0.05) is 0 Å². The summed E-state index contributed by atoms with van der Waals surface area (Å²) < 4.78 is 4.34. The summed E-state index contributed by atoms with van der Waals surface area (Å²) in [6.45, 7) is 3.50. The van der Waals surface area contributed by atoms with Crippen molar-refractivity contribution in [2.24, 2.45) is 0 Å². The van der Waals surface area contributed by atoms with E-state index in [0.29, 0.717) is 10.6 Å². The van der Waals surface area contributed by atoms with Gasteiger partial charge in [0.25, 0.3) is 0 Å².